The largest absolute Gasteiger partial charge is 0.346 e. The van der Waals surface area contributed by atoms with Crippen molar-refractivity contribution >= 4 is 16.9 Å². The first-order valence-electron chi connectivity index (χ1n) is 9.02. The van der Waals surface area contributed by atoms with Crippen LogP contribution in [0, 0.1) is 13.8 Å². The summed E-state index contributed by atoms with van der Waals surface area (Å²) < 4.78 is 1.69. The number of fused-ring (bicyclic) bond motifs is 1. The lowest BCUT2D eigenvalue weighted by atomic mass is 10.1. The van der Waals surface area contributed by atoms with Gasteiger partial charge in [-0.3, -0.25) is 4.79 Å². The van der Waals surface area contributed by atoms with E-state index in [0.717, 1.165) is 33.7 Å². The lowest BCUT2D eigenvalue weighted by molar-refractivity contribution is 0.0940. The summed E-state index contributed by atoms with van der Waals surface area (Å²) >= 11 is 0. The second-order valence-corrected chi connectivity index (χ2v) is 6.72. The molecular weight excluding hydrogens is 352 g/mol. The van der Waals surface area contributed by atoms with Gasteiger partial charge in [-0.2, -0.15) is 5.10 Å². The lowest BCUT2D eigenvalue weighted by Gasteiger charge is -2.15. The molecule has 7 heteroatoms. The molecule has 0 saturated carbocycles. The summed E-state index contributed by atoms with van der Waals surface area (Å²) in [6.45, 7) is 5.80. The van der Waals surface area contributed by atoms with E-state index in [0.29, 0.717) is 5.56 Å². The van der Waals surface area contributed by atoms with Crippen LogP contribution in [0.1, 0.15) is 40.3 Å². The van der Waals surface area contributed by atoms with Gasteiger partial charge in [0.15, 0.2) is 0 Å². The van der Waals surface area contributed by atoms with Gasteiger partial charge in [0.2, 0.25) is 0 Å². The summed E-state index contributed by atoms with van der Waals surface area (Å²) in [7, 11) is 0. The summed E-state index contributed by atoms with van der Waals surface area (Å²) in [5, 5.41) is 7.15. The van der Waals surface area contributed by atoms with Crippen molar-refractivity contribution < 1.29 is 4.79 Å². The minimum atomic E-state index is -0.144. The second-order valence-electron chi connectivity index (χ2n) is 6.72. The molecule has 7 nitrogen and oxygen atoms in total. The molecule has 140 valence electrons. The number of nitrogens with one attached hydrogen (secondary N) is 1. The quantitative estimate of drug-likeness (QED) is 0.594. The number of hydrogen-bond donors (Lipinski definition) is 1. The third-order valence-electron chi connectivity index (χ3n) is 4.76. The van der Waals surface area contributed by atoms with Crippen molar-refractivity contribution in [3.63, 3.8) is 0 Å². The van der Waals surface area contributed by atoms with Crippen LogP contribution in [0.5, 0.6) is 0 Å². The molecule has 0 radical (unpaired) electrons. The normalized spacial score (nSPS) is 12.1. The molecule has 0 spiro atoms. The van der Waals surface area contributed by atoms with Crippen LogP contribution >= 0.6 is 0 Å². The van der Waals surface area contributed by atoms with Gasteiger partial charge in [0.1, 0.15) is 12.7 Å². The van der Waals surface area contributed by atoms with Gasteiger partial charge in [0.05, 0.1) is 34.2 Å². The van der Waals surface area contributed by atoms with Crippen molar-refractivity contribution in [2.75, 3.05) is 0 Å². The van der Waals surface area contributed by atoms with Gasteiger partial charge in [-0.1, -0.05) is 12.1 Å². The van der Waals surface area contributed by atoms with Crippen molar-refractivity contribution in [1.82, 2.24) is 30.0 Å². The first-order valence-corrected chi connectivity index (χ1v) is 9.02. The monoisotopic (exact) mass is 372 g/mol. The van der Waals surface area contributed by atoms with E-state index < -0.39 is 0 Å². The standard InChI is InChI=1S/C21H20N6O/c1-13-14(2)25-20-10-17(6-9-19(20)24-13)21(28)26-15(3)16-4-7-18(8-5-16)27-12-22-11-23-27/h4-12,15H,1-3H3,(H,26,28). The maximum Gasteiger partial charge on any atom is 0.251 e. The molecule has 4 rings (SSSR count). The van der Waals surface area contributed by atoms with Crippen LogP contribution in [-0.2, 0) is 0 Å². The van der Waals surface area contributed by atoms with Crippen LogP contribution < -0.4 is 5.32 Å². The molecule has 2 aromatic carbocycles. The van der Waals surface area contributed by atoms with E-state index in [9.17, 15) is 4.79 Å². The third kappa shape index (κ3) is 3.46. The number of carbonyl (C=O) groups is 1. The van der Waals surface area contributed by atoms with Crippen molar-refractivity contribution in [3.8, 4) is 5.69 Å². The van der Waals surface area contributed by atoms with Crippen LogP contribution in [0.3, 0.4) is 0 Å². The number of amides is 1. The molecule has 28 heavy (non-hydrogen) atoms. The fourth-order valence-electron chi connectivity index (χ4n) is 2.99. The van der Waals surface area contributed by atoms with Crippen LogP contribution in [0.4, 0.5) is 0 Å². The van der Waals surface area contributed by atoms with Crippen LogP contribution in [0.15, 0.2) is 55.1 Å². The van der Waals surface area contributed by atoms with Crippen LogP contribution in [0.25, 0.3) is 16.7 Å². The maximum absolute atomic E-state index is 12.7. The summed E-state index contributed by atoms with van der Waals surface area (Å²) in [5.74, 6) is -0.144. The number of aromatic nitrogens is 5. The molecule has 1 amide bonds. The highest BCUT2D eigenvalue weighted by Gasteiger charge is 2.13. The Morgan fingerprint density at radius 1 is 1.00 bits per heavy atom. The van der Waals surface area contributed by atoms with Gasteiger partial charge < -0.3 is 5.32 Å². The van der Waals surface area contributed by atoms with Gasteiger partial charge in [0.25, 0.3) is 5.91 Å². The van der Waals surface area contributed by atoms with E-state index in [1.807, 2.05) is 51.1 Å². The third-order valence-corrected chi connectivity index (χ3v) is 4.76. The number of nitrogens with zero attached hydrogens (tertiary/aromatic N) is 5. The molecule has 0 saturated heterocycles. The second kappa shape index (κ2) is 7.19. The Labute approximate surface area is 162 Å². The minimum Gasteiger partial charge on any atom is -0.346 e. The lowest BCUT2D eigenvalue weighted by Crippen LogP contribution is -2.26. The van der Waals surface area contributed by atoms with Crippen LogP contribution in [-0.4, -0.2) is 30.6 Å². The van der Waals surface area contributed by atoms with Gasteiger partial charge >= 0.3 is 0 Å². The molecule has 0 aliphatic carbocycles. The van der Waals surface area contributed by atoms with Gasteiger partial charge in [-0.15, -0.1) is 0 Å². The van der Waals surface area contributed by atoms with Crippen molar-refractivity contribution in [2.24, 2.45) is 0 Å². The van der Waals surface area contributed by atoms with E-state index in [2.05, 4.69) is 25.4 Å². The Hall–Kier alpha value is -3.61. The Morgan fingerprint density at radius 2 is 1.71 bits per heavy atom. The minimum absolute atomic E-state index is 0.140. The number of aryl methyl sites for hydroxylation is 2. The fourth-order valence-corrected chi connectivity index (χ4v) is 2.99. The first kappa shape index (κ1) is 17.8. The summed E-state index contributed by atoms with van der Waals surface area (Å²) in [6.07, 6.45) is 3.14. The number of benzene rings is 2. The Kier molecular flexibility index (Phi) is 4.57. The molecule has 0 fully saturated rings. The molecule has 1 atom stereocenters. The predicted molar refractivity (Wildman–Crippen MR) is 106 cm³/mol. The molecule has 0 aliphatic rings. The number of rotatable bonds is 4. The SMILES string of the molecule is Cc1nc2ccc(C(=O)NC(C)c3ccc(-n4cncn4)cc3)cc2nc1C. The van der Waals surface area contributed by atoms with Gasteiger partial charge in [-0.25, -0.2) is 19.6 Å². The smallest absolute Gasteiger partial charge is 0.251 e. The van der Waals surface area contributed by atoms with Gasteiger partial charge in [0, 0.05) is 5.56 Å². The van der Waals surface area contributed by atoms with E-state index in [-0.39, 0.29) is 11.9 Å². The van der Waals surface area contributed by atoms with Crippen molar-refractivity contribution in [3.05, 3.63) is 77.6 Å². The molecule has 0 bridgehead atoms. The molecule has 0 aliphatic heterocycles. The Bertz CT molecular complexity index is 1140. The summed E-state index contributed by atoms with van der Waals surface area (Å²) in [6, 6.07) is 13.1. The topological polar surface area (TPSA) is 85.6 Å². The molecule has 2 aromatic heterocycles. The highest BCUT2D eigenvalue weighted by molar-refractivity contribution is 5.97. The zero-order valence-electron chi connectivity index (χ0n) is 15.9. The molecular formula is C21H20N6O. The number of carbonyl (C=O) groups excluding carboxylic acids is 1. The Morgan fingerprint density at radius 3 is 2.39 bits per heavy atom. The summed E-state index contributed by atoms with van der Waals surface area (Å²) in [4.78, 5) is 25.7. The average Bonchev–Trinajstić information content (AvgIpc) is 3.23. The highest BCUT2D eigenvalue weighted by atomic mass is 16.1. The fraction of sp³-hybridized carbons (Fsp3) is 0.190. The highest BCUT2D eigenvalue weighted by Crippen LogP contribution is 2.18. The molecule has 1 N–H and O–H groups in total. The predicted octanol–water partition coefficient (Wildman–Crippen LogP) is 3.32. The Balaban J connectivity index is 1.51. The number of hydrogen-bond acceptors (Lipinski definition) is 5. The van der Waals surface area contributed by atoms with Crippen LogP contribution in [0.2, 0.25) is 0 Å². The molecule has 1 unspecified atom stereocenters. The zero-order valence-corrected chi connectivity index (χ0v) is 15.9. The van der Waals surface area contributed by atoms with E-state index >= 15 is 0 Å². The maximum atomic E-state index is 12.7. The summed E-state index contributed by atoms with van der Waals surface area (Å²) in [5.41, 5.74) is 5.76. The van der Waals surface area contributed by atoms with E-state index in [1.165, 1.54) is 6.33 Å². The van der Waals surface area contributed by atoms with E-state index in [1.54, 1.807) is 23.1 Å². The van der Waals surface area contributed by atoms with Gasteiger partial charge in [-0.05, 0) is 56.7 Å². The molecule has 4 aromatic rings. The van der Waals surface area contributed by atoms with Crippen molar-refractivity contribution in [2.45, 2.75) is 26.8 Å². The zero-order chi connectivity index (χ0) is 19.7. The first-order chi connectivity index (χ1) is 13.5. The molecule has 2 heterocycles. The van der Waals surface area contributed by atoms with Crippen molar-refractivity contribution in [1.29, 1.82) is 0 Å². The van der Waals surface area contributed by atoms with E-state index in [4.69, 9.17) is 0 Å². The average molecular weight is 372 g/mol.